The highest BCUT2D eigenvalue weighted by atomic mass is 28.4. The fraction of sp³-hybridized carbons (Fsp3) is 0.833. The lowest BCUT2D eigenvalue weighted by Crippen LogP contribution is -2.62. The van der Waals surface area contributed by atoms with E-state index in [1.165, 1.54) is 13.8 Å². The highest BCUT2D eigenvalue weighted by Crippen LogP contribution is 2.37. The number of carbonyl (C=O) groups excluding carboxylic acids is 3. The van der Waals surface area contributed by atoms with Crippen LogP contribution >= 0.6 is 0 Å². The summed E-state index contributed by atoms with van der Waals surface area (Å²) in [4.78, 5) is 34.6. The molecule has 0 aromatic rings. The molecule has 0 aromatic carbocycles. The zero-order chi connectivity index (χ0) is 21.9. The summed E-state index contributed by atoms with van der Waals surface area (Å²) in [5, 5.41) is 10.3. The Morgan fingerprint density at radius 3 is 1.75 bits per heavy atom. The van der Waals surface area contributed by atoms with Crippen LogP contribution in [0.1, 0.15) is 41.5 Å². The summed E-state index contributed by atoms with van der Waals surface area (Å²) in [6, 6.07) is 0. The monoisotopic (exact) mass is 420 g/mol. The van der Waals surface area contributed by atoms with Crippen molar-refractivity contribution in [3.8, 4) is 0 Å². The summed E-state index contributed by atoms with van der Waals surface area (Å²) in [6.45, 7) is 13.8. The highest BCUT2D eigenvalue weighted by molar-refractivity contribution is 6.74. The largest absolute Gasteiger partial charge is 0.456 e. The second-order valence-corrected chi connectivity index (χ2v) is 13.2. The normalized spacial score (nSPS) is 28.4. The van der Waals surface area contributed by atoms with Crippen LogP contribution in [0.4, 0.5) is 0 Å². The molecule has 0 amide bonds. The van der Waals surface area contributed by atoms with E-state index in [1.807, 2.05) is 13.1 Å². The summed E-state index contributed by atoms with van der Waals surface area (Å²) < 4.78 is 27.3. The second-order valence-electron chi connectivity index (χ2n) is 8.36. The van der Waals surface area contributed by atoms with Crippen molar-refractivity contribution in [3.63, 3.8) is 0 Å². The number of hydrogen-bond acceptors (Lipinski definition) is 9. The molecule has 1 N–H and O–H groups in total. The maximum atomic E-state index is 11.6. The van der Waals surface area contributed by atoms with Gasteiger partial charge in [0, 0.05) is 20.8 Å². The van der Waals surface area contributed by atoms with Crippen LogP contribution in [-0.4, -0.2) is 68.6 Å². The average Bonchev–Trinajstić information content (AvgIpc) is 2.49. The number of carbonyl (C=O) groups is 3. The van der Waals surface area contributed by atoms with Crippen LogP contribution in [0.3, 0.4) is 0 Å². The van der Waals surface area contributed by atoms with Crippen molar-refractivity contribution in [2.24, 2.45) is 0 Å². The number of rotatable bonds is 6. The van der Waals surface area contributed by atoms with E-state index in [-0.39, 0.29) is 11.6 Å². The van der Waals surface area contributed by atoms with Crippen LogP contribution in [0.5, 0.6) is 0 Å². The topological polar surface area (TPSA) is 118 Å². The van der Waals surface area contributed by atoms with E-state index in [0.717, 1.165) is 6.92 Å². The maximum Gasteiger partial charge on any atom is 0.303 e. The Bertz CT molecular complexity index is 584. The zero-order valence-electron chi connectivity index (χ0n) is 17.8. The van der Waals surface area contributed by atoms with Crippen LogP contribution in [-0.2, 0) is 37.8 Å². The van der Waals surface area contributed by atoms with E-state index in [0.29, 0.717) is 0 Å². The predicted octanol–water partition coefficient (Wildman–Crippen LogP) is 1.52. The summed E-state index contributed by atoms with van der Waals surface area (Å²) in [5.74, 6) is -2.03. The first-order valence-corrected chi connectivity index (χ1v) is 12.1. The molecule has 0 bridgehead atoms. The van der Waals surface area contributed by atoms with Gasteiger partial charge in [0.1, 0.15) is 6.10 Å². The SMILES string of the molecule is CC(=O)O[C@@H]1[C@@H](OC(C)=O)[C@H](O)O[C@H](CO[Si](C)(C)C(C)(C)C)[C@@H]1OC(C)=O. The molecule has 28 heavy (non-hydrogen) atoms. The van der Waals surface area contributed by atoms with Gasteiger partial charge >= 0.3 is 17.9 Å². The Morgan fingerprint density at radius 1 is 0.893 bits per heavy atom. The Hall–Kier alpha value is -1.49. The highest BCUT2D eigenvalue weighted by Gasteiger charge is 2.52. The van der Waals surface area contributed by atoms with Crippen LogP contribution in [0.15, 0.2) is 0 Å². The maximum absolute atomic E-state index is 11.6. The molecule has 0 radical (unpaired) electrons. The van der Waals surface area contributed by atoms with Gasteiger partial charge in [0.2, 0.25) is 0 Å². The van der Waals surface area contributed by atoms with Crippen molar-refractivity contribution in [1.82, 2.24) is 0 Å². The first kappa shape index (κ1) is 24.5. The van der Waals surface area contributed by atoms with Crippen molar-refractivity contribution in [3.05, 3.63) is 0 Å². The van der Waals surface area contributed by atoms with Gasteiger partial charge in [0.05, 0.1) is 6.61 Å². The molecule has 162 valence electrons. The molecule has 1 heterocycles. The van der Waals surface area contributed by atoms with Gasteiger partial charge in [-0.25, -0.2) is 0 Å². The quantitative estimate of drug-likeness (QED) is 0.387. The van der Waals surface area contributed by atoms with Crippen LogP contribution in [0.25, 0.3) is 0 Å². The second kappa shape index (κ2) is 9.34. The minimum Gasteiger partial charge on any atom is -0.456 e. The van der Waals surface area contributed by atoms with Gasteiger partial charge in [-0.1, -0.05) is 20.8 Å². The Morgan fingerprint density at radius 2 is 1.32 bits per heavy atom. The van der Waals surface area contributed by atoms with Crippen molar-refractivity contribution >= 4 is 26.2 Å². The molecule has 0 unspecified atom stereocenters. The molecule has 1 aliphatic rings. The third kappa shape index (κ3) is 6.54. The lowest BCUT2D eigenvalue weighted by molar-refractivity contribution is -0.294. The summed E-state index contributed by atoms with van der Waals surface area (Å²) >= 11 is 0. The molecule has 1 saturated heterocycles. The van der Waals surface area contributed by atoms with Gasteiger partial charge in [-0.15, -0.1) is 0 Å². The smallest absolute Gasteiger partial charge is 0.303 e. The molecular weight excluding hydrogens is 388 g/mol. The van der Waals surface area contributed by atoms with Crippen molar-refractivity contribution < 1.29 is 42.9 Å². The standard InChI is InChI=1S/C18H32O9Si/c1-10(19)24-14-13(9-23-28(7,8)18(4,5)6)27-17(22)16(26-12(3)21)15(14)25-11(2)20/h13-17,22H,9H2,1-8H3/t13-,14+,15+,16-,17-/m1/s1. The molecule has 0 saturated carbocycles. The van der Waals surface area contributed by atoms with Gasteiger partial charge < -0.3 is 28.5 Å². The molecule has 5 atom stereocenters. The summed E-state index contributed by atoms with van der Waals surface area (Å²) in [6.07, 6.45) is -6.17. The van der Waals surface area contributed by atoms with Gasteiger partial charge in [0.25, 0.3) is 0 Å². The zero-order valence-corrected chi connectivity index (χ0v) is 18.8. The fourth-order valence-electron chi connectivity index (χ4n) is 2.51. The molecule has 1 aliphatic heterocycles. The molecule has 0 aromatic heterocycles. The number of esters is 3. The summed E-state index contributed by atoms with van der Waals surface area (Å²) in [7, 11) is -2.17. The molecule has 0 spiro atoms. The van der Waals surface area contributed by atoms with Crippen molar-refractivity contribution in [2.75, 3.05) is 6.61 Å². The molecule has 1 fully saturated rings. The van der Waals surface area contributed by atoms with Gasteiger partial charge in [0.15, 0.2) is 32.9 Å². The van der Waals surface area contributed by atoms with E-state index in [2.05, 4.69) is 20.8 Å². The van der Waals surface area contributed by atoms with E-state index in [4.69, 9.17) is 23.4 Å². The molecule has 9 nitrogen and oxygen atoms in total. The van der Waals surface area contributed by atoms with Gasteiger partial charge in [-0.3, -0.25) is 14.4 Å². The average molecular weight is 421 g/mol. The van der Waals surface area contributed by atoms with E-state index in [1.54, 1.807) is 0 Å². The van der Waals surface area contributed by atoms with Gasteiger partial charge in [-0.2, -0.15) is 0 Å². The molecule has 0 aliphatic carbocycles. The summed E-state index contributed by atoms with van der Waals surface area (Å²) in [5.41, 5.74) is 0. The van der Waals surface area contributed by atoms with Crippen LogP contribution in [0.2, 0.25) is 18.1 Å². The number of aliphatic hydroxyl groups is 1. The molecule has 1 rings (SSSR count). The van der Waals surface area contributed by atoms with Crippen LogP contribution < -0.4 is 0 Å². The Labute approximate surface area is 166 Å². The van der Waals surface area contributed by atoms with Crippen molar-refractivity contribution in [2.45, 2.75) is 90.4 Å². The third-order valence-electron chi connectivity index (χ3n) is 4.93. The van der Waals surface area contributed by atoms with Crippen molar-refractivity contribution in [1.29, 1.82) is 0 Å². The van der Waals surface area contributed by atoms with E-state index < -0.39 is 56.9 Å². The number of aliphatic hydroxyl groups excluding tert-OH is 1. The van der Waals surface area contributed by atoms with E-state index in [9.17, 15) is 19.5 Å². The number of hydrogen-bond donors (Lipinski definition) is 1. The minimum absolute atomic E-state index is 0.00998. The fourth-order valence-corrected chi connectivity index (χ4v) is 3.53. The van der Waals surface area contributed by atoms with E-state index >= 15 is 0 Å². The minimum atomic E-state index is -2.17. The molecule has 10 heteroatoms. The first-order valence-electron chi connectivity index (χ1n) is 9.15. The molecular formula is C18H32O9Si. The third-order valence-corrected chi connectivity index (χ3v) is 9.43. The number of ether oxygens (including phenoxy) is 4. The lowest BCUT2D eigenvalue weighted by atomic mass is 9.98. The first-order chi connectivity index (χ1) is 12.7. The predicted molar refractivity (Wildman–Crippen MR) is 101 cm³/mol. The van der Waals surface area contributed by atoms with Crippen LogP contribution in [0, 0.1) is 0 Å². The lowest BCUT2D eigenvalue weighted by Gasteiger charge is -2.44. The Balaban J connectivity index is 3.15. The van der Waals surface area contributed by atoms with Gasteiger partial charge in [-0.05, 0) is 18.1 Å². The Kier molecular flexibility index (Phi) is 8.18.